The van der Waals surface area contributed by atoms with E-state index in [1.165, 1.54) is 0 Å². The van der Waals surface area contributed by atoms with Crippen molar-refractivity contribution in [2.75, 3.05) is 0 Å². The summed E-state index contributed by atoms with van der Waals surface area (Å²) < 4.78 is 47.3. The van der Waals surface area contributed by atoms with E-state index in [-0.39, 0.29) is 88.7 Å². The summed E-state index contributed by atoms with van der Waals surface area (Å²) in [6.07, 6.45) is 5.52. The maximum absolute atomic E-state index is 6.84. The smallest absolute Gasteiger partial charge is 0.518 e. The Kier molecular flexibility index (Phi) is 20.1. The number of nitrogens with zero attached hydrogens (tertiary/aromatic N) is 8. The Labute approximate surface area is 819 Å². The zero-order valence-corrected chi connectivity index (χ0v) is 79.7. The van der Waals surface area contributed by atoms with Gasteiger partial charge in [0.15, 0.2) is 0 Å². The molecule has 29 rings (SSSR count). The average Bonchev–Trinajstić information content (AvgIpc) is 1.71. The average molecular weight is 2300 g/mol. The molecule has 14 nitrogen and oxygen atoms in total. The van der Waals surface area contributed by atoms with Gasteiger partial charge in [0.2, 0.25) is 20.1 Å². The Balaban J connectivity index is 0.000000109. The van der Waals surface area contributed by atoms with Crippen LogP contribution < -0.4 is 77.6 Å². The van der Waals surface area contributed by atoms with Crippen LogP contribution in [0.25, 0.3) is 140 Å². The van der Waals surface area contributed by atoms with Crippen molar-refractivity contribution < 1.29 is 91.6 Å². The number of thiazole rings is 3. The van der Waals surface area contributed by atoms with Crippen molar-refractivity contribution in [1.82, 2.24) is 39.0 Å². The predicted molar refractivity (Wildman–Crippen MR) is 525 cm³/mol. The van der Waals surface area contributed by atoms with Crippen LogP contribution in [-0.2, 0) is 68.6 Å². The molecular weight excluding hydrogens is 2240 g/mol. The van der Waals surface area contributed by atoms with Gasteiger partial charge in [-0.3, -0.25) is 15.0 Å². The number of para-hydroxylation sites is 5. The van der Waals surface area contributed by atoms with Crippen molar-refractivity contribution in [2.24, 2.45) is 0 Å². The van der Waals surface area contributed by atoms with Gasteiger partial charge in [0.1, 0.15) is 46.1 Å². The quantitative estimate of drug-likeness (QED) is 0.115. The second-order valence-corrected chi connectivity index (χ2v) is 37.1. The first-order chi connectivity index (χ1) is 64.0. The molecular formula is C110H61B3N8O6Pt3S3. The van der Waals surface area contributed by atoms with Gasteiger partial charge < -0.3 is 42.5 Å². The molecule has 133 heavy (non-hydrogen) atoms. The van der Waals surface area contributed by atoms with E-state index in [1.54, 1.807) is 34.0 Å². The second kappa shape index (κ2) is 32.4. The van der Waals surface area contributed by atoms with E-state index in [0.717, 1.165) is 263 Å². The molecule has 0 N–H and O–H groups in total. The predicted octanol–water partition coefficient (Wildman–Crippen LogP) is 21.4. The second-order valence-electron chi connectivity index (χ2n) is 34.0. The molecule has 23 heteroatoms. The third-order valence-electron chi connectivity index (χ3n) is 25.4. The van der Waals surface area contributed by atoms with E-state index >= 15 is 0 Å². The Morgan fingerprint density at radius 2 is 0.639 bits per heavy atom. The van der Waals surface area contributed by atoms with Crippen LogP contribution in [-0.4, -0.2) is 59.2 Å². The number of benzene rings is 15. The summed E-state index contributed by atoms with van der Waals surface area (Å²) in [7, 11) is 0. The van der Waals surface area contributed by atoms with Crippen LogP contribution in [0.5, 0.6) is 69.0 Å². The van der Waals surface area contributed by atoms with Crippen molar-refractivity contribution >= 4 is 188 Å². The fraction of sp³-hybridized carbons (Fsp3) is 0.0364. The number of hydrogen-bond donors (Lipinski definition) is 0. The molecule has 14 heterocycles. The molecule has 0 saturated heterocycles. The summed E-state index contributed by atoms with van der Waals surface area (Å²) in [5.74, 6) is 11.2. The summed E-state index contributed by atoms with van der Waals surface area (Å²) in [5, 5.41) is 9.44. The first-order valence-electron chi connectivity index (χ1n) is 43.0. The number of hydrogen-bond acceptors (Lipinski definition) is 15. The maximum atomic E-state index is 6.84. The molecule has 0 bridgehead atoms. The summed E-state index contributed by atoms with van der Waals surface area (Å²) in [4.78, 5) is 29.0. The van der Waals surface area contributed by atoms with E-state index in [4.69, 9.17) is 58.3 Å². The van der Waals surface area contributed by atoms with E-state index < -0.39 is 0 Å². The Morgan fingerprint density at radius 1 is 0.286 bits per heavy atom. The Bertz CT molecular complexity index is 8670. The molecule has 0 fully saturated rings. The summed E-state index contributed by atoms with van der Waals surface area (Å²) in [6, 6.07) is 124. The minimum Gasteiger partial charge on any atom is -0.518 e. The molecule has 0 saturated carbocycles. The third-order valence-corrected chi connectivity index (χ3v) is 28.6. The molecule has 0 aliphatic carbocycles. The van der Waals surface area contributed by atoms with Crippen molar-refractivity contribution in [1.29, 1.82) is 0 Å². The van der Waals surface area contributed by atoms with Crippen molar-refractivity contribution in [2.45, 2.75) is 26.2 Å². The van der Waals surface area contributed by atoms with E-state index in [9.17, 15) is 0 Å². The van der Waals surface area contributed by atoms with Gasteiger partial charge in [-0.25, -0.2) is 9.97 Å². The summed E-state index contributed by atoms with van der Waals surface area (Å²) >= 11 is 5.03. The molecule has 0 spiro atoms. The van der Waals surface area contributed by atoms with Crippen LogP contribution in [0, 0.1) is 36.4 Å². The zero-order chi connectivity index (χ0) is 85.7. The molecule has 634 valence electrons. The van der Waals surface area contributed by atoms with Crippen LogP contribution in [0.4, 0.5) is 0 Å². The number of fused-ring (bicyclic) bond motifs is 22. The van der Waals surface area contributed by atoms with Gasteiger partial charge in [-0.2, -0.15) is 46.1 Å². The number of aromatic nitrogens is 8. The van der Waals surface area contributed by atoms with Crippen LogP contribution in [0.2, 0.25) is 0 Å². The third kappa shape index (κ3) is 13.5. The molecule has 0 unspecified atom stereocenters. The van der Waals surface area contributed by atoms with Gasteiger partial charge in [-0.15, -0.1) is 140 Å². The SMILES string of the molecule is CC(C)(C)c1cc2c3c(c1)Oc1cc4c5ccccc5n(-c5ccccn5)c4[c-]c1B3c1[c-]c(-c3nc4ccccc4s3)ccc1O2.[Pt+2].[Pt+2].[Pt+2].[c-]1c(-c2nc3ccccc3s2)ccc2c1B1c3[c-]c(-c4nccc5ccccc45)ccc3Oc3cccc(c31)O2.[c-]1c(-c2nc3ccccc3s2)ccc2c1B1c3[c-]c4c(cc3Oc3cccc(c31)O2)c1ccccc1n4-c1ccccn1. The molecule has 8 aromatic heterocycles. The summed E-state index contributed by atoms with van der Waals surface area (Å²) in [5.41, 5.74) is 21.5. The van der Waals surface area contributed by atoms with Crippen LogP contribution in [0.15, 0.2) is 316 Å². The fourth-order valence-electron chi connectivity index (χ4n) is 19.4. The van der Waals surface area contributed by atoms with Gasteiger partial charge in [-0.1, -0.05) is 164 Å². The van der Waals surface area contributed by atoms with Gasteiger partial charge in [0.25, 0.3) is 0 Å². The topological polar surface area (TPSA) is 143 Å². The fourth-order valence-corrected chi connectivity index (χ4v) is 22.2. The van der Waals surface area contributed by atoms with Crippen LogP contribution in [0.3, 0.4) is 0 Å². The van der Waals surface area contributed by atoms with Crippen molar-refractivity contribution in [3.8, 4) is 124 Å². The van der Waals surface area contributed by atoms with E-state index in [1.807, 2.05) is 176 Å². The zero-order valence-electron chi connectivity index (χ0n) is 70.5. The van der Waals surface area contributed by atoms with Crippen molar-refractivity contribution in [3.05, 3.63) is 358 Å². The van der Waals surface area contributed by atoms with Gasteiger partial charge in [0.05, 0.1) is 16.6 Å². The molecule has 23 aromatic rings. The van der Waals surface area contributed by atoms with Crippen molar-refractivity contribution in [3.63, 3.8) is 0 Å². The largest absolute Gasteiger partial charge is 2.00 e. The minimum absolute atomic E-state index is 0. The van der Waals surface area contributed by atoms with Gasteiger partial charge in [0, 0.05) is 110 Å². The van der Waals surface area contributed by atoms with E-state index in [2.05, 4.69) is 206 Å². The number of rotatable bonds is 6. The Hall–Kier alpha value is -13.7. The molecule has 0 radical (unpaired) electrons. The molecule has 15 aromatic carbocycles. The van der Waals surface area contributed by atoms with Gasteiger partial charge in [-0.05, 0) is 153 Å². The maximum Gasteiger partial charge on any atom is 2.00 e. The Morgan fingerprint density at radius 3 is 1.06 bits per heavy atom. The normalized spacial score (nSPS) is 12.8. The molecule has 6 aliphatic rings. The number of ether oxygens (including phenoxy) is 6. The van der Waals surface area contributed by atoms with Gasteiger partial charge >= 0.3 is 63.2 Å². The molecule has 0 amide bonds. The minimum atomic E-state index is -0.199. The summed E-state index contributed by atoms with van der Waals surface area (Å²) in [6.45, 7) is 6.13. The first-order valence-corrected chi connectivity index (χ1v) is 45.5. The van der Waals surface area contributed by atoms with Crippen LogP contribution in [0.1, 0.15) is 26.3 Å². The number of pyridine rings is 3. The first kappa shape index (κ1) is 82.5. The monoisotopic (exact) mass is 2300 g/mol. The van der Waals surface area contributed by atoms with E-state index in [0.29, 0.717) is 0 Å². The molecule has 6 aliphatic heterocycles. The molecule has 0 atom stereocenters. The van der Waals surface area contributed by atoms with Crippen LogP contribution >= 0.6 is 34.0 Å². The standard InChI is InChI=1S/C40H26BN3O2S.C36H18BN3O2S.C34H17BN2O2S.3Pt/c1-40(2,3)24-19-34-38-35(20-24)46-33-21-26-25-10-4-6-12-30(25)44(37-14-8-9-17-42-37)31(26)22-28(33)41(38)27-18-23(15-16-32(27)45-34)39-43-29-11-5-7-13-36(29)47-39;1-3-10-27-22(8-1)23-19-32-25(20-28(23)40(27)34-14-5-6-17-38-34)37-24-18-21(36-39-26-9-2-4-13-33(26)43-36)15-16-29(24)41-30-11-7-12-31(42-32)35(30)37;1-2-7-23-20(6-1)16-17-36-33(23)21-12-14-27-24(18-21)35-25-19-22(34-37-26-8-3-4-11-31(26)40-34)13-15-28(25)39-30-10-5-9-29(38-27)32(30)35;;;/h4-17,19-21H,1-3H3;1-17,19H;1-17H;;;/q3*-2;3*+2.